The van der Waals surface area contributed by atoms with Gasteiger partial charge in [0.1, 0.15) is 27.6 Å². The smallest absolute Gasteiger partial charge is 0.343 e. The summed E-state index contributed by atoms with van der Waals surface area (Å²) in [5.74, 6) is -0.119. The van der Waals surface area contributed by atoms with Gasteiger partial charge < -0.3 is 13.9 Å². The first-order valence-corrected chi connectivity index (χ1v) is 11.7. The number of nitrogens with zero attached hydrogens (tertiary/aromatic N) is 1. The van der Waals surface area contributed by atoms with Crippen molar-refractivity contribution in [1.29, 1.82) is 0 Å². The van der Waals surface area contributed by atoms with Gasteiger partial charge in [-0.2, -0.15) is 4.31 Å². The maximum Gasteiger partial charge on any atom is 0.343 e. The van der Waals surface area contributed by atoms with Crippen LogP contribution in [0.2, 0.25) is 0 Å². The molecule has 32 heavy (non-hydrogen) atoms. The fraction of sp³-hybridized carbons (Fsp3) is 0.208. The van der Waals surface area contributed by atoms with Crippen molar-refractivity contribution in [1.82, 2.24) is 4.31 Å². The van der Waals surface area contributed by atoms with Gasteiger partial charge in [-0.3, -0.25) is 0 Å². The van der Waals surface area contributed by atoms with Crippen LogP contribution >= 0.6 is 0 Å². The summed E-state index contributed by atoms with van der Waals surface area (Å²) in [6.07, 6.45) is 1.63. The van der Waals surface area contributed by atoms with Crippen LogP contribution in [0.3, 0.4) is 0 Å². The van der Waals surface area contributed by atoms with E-state index in [4.69, 9.17) is 13.9 Å². The standard InChI is InChI=1S/C24H21NO6S/c1-29-22-10-8-16(14-23(22)32(27,28)25-12-4-5-13-25)24(26)30-17-9-11-21-19(15-17)18-6-2-3-7-20(18)31-21/h2-3,6-11,14-15H,4-5,12-13H2,1H3. The summed E-state index contributed by atoms with van der Waals surface area (Å²) in [5.41, 5.74) is 1.56. The van der Waals surface area contributed by atoms with Crippen molar-refractivity contribution in [3.63, 3.8) is 0 Å². The lowest BCUT2D eigenvalue weighted by Gasteiger charge is -2.18. The van der Waals surface area contributed by atoms with Crippen molar-refractivity contribution in [2.75, 3.05) is 20.2 Å². The normalized spacial score (nSPS) is 14.8. The number of esters is 1. The van der Waals surface area contributed by atoms with Crippen molar-refractivity contribution in [3.05, 3.63) is 66.2 Å². The Morgan fingerprint density at radius 1 is 0.938 bits per heavy atom. The fourth-order valence-electron chi connectivity index (χ4n) is 4.01. The highest BCUT2D eigenvalue weighted by Crippen LogP contribution is 2.33. The van der Waals surface area contributed by atoms with E-state index >= 15 is 0 Å². The summed E-state index contributed by atoms with van der Waals surface area (Å²) in [6.45, 7) is 0.914. The Bertz CT molecular complexity index is 1430. The van der Waals surface area contributed by atoms with Gasteiger partial charge in [0.15, 0.2) is 0 Å². The predicted molar refractivity (Wildman–Crippen MR) is 120 cm³/mol. The van der Waals surface area contributed by atoms with Gasteiger partial charge in [0.2, 0.25) is 10.0 Å². The van der Waals surface area contributed by atoms with Crippen molar-refractivity contribution in [2.24, 2.45) is 0 Å². The molecule has 0 N–H and O–H groups in total. The second-order valence-corrected chi connectivity index (χ2v) is 9.53. The van der Waals surface area contributed by atoms with Crippen molar-refractivity contribution >= 4 is 37.9 Å². The minimum Gasteiger partial charge on any atom is -0.495 e. The summed E-state index contributed by atoms with van der Waals surface area (Å²) < 4.78 is 44.2. The minimum absolute atomic E-state index is 0.0346. The van der Waals surface area contributed by atoms with E-state index in [2.05, 4.69) is 0 Å². The molecular formula is C24H21NO6S. The topological polar surface area (TPSA) is 86.0 Å². The summed E-state index contributed by atoms with van der Waals surface area (Å²) in [4.78, 5) is 12.8. The number of furan rings is 1. The lowest BCUT2D eigenvalue weighted by atomic mass is 10.1. The van der Waals surface area contributed by atoms with Crippen LogP contribution in [-0.2, 0) is 10.0 Å². The number of carbonyl (C=O) groups is 1. The number of methoxy groups -OCH3 is 1. The van der Waals surface area contributed by atoms with Gasteiger partial charge >= 0.3 is 5.97 Å². The Kier molecular flexibility index (Phi) is 5.11. The molecule has 1 fully saturated rings. The van der Waals surface area contributed by atoms with Gasteiger partial charge in [-0.25, -0.2) is 13.2 Å². The Labute approximate surface area is 185 Å². The van der Waals surface area contributed by atoms with Crippen LogP contribution in [0, 0.1) is 0 Å². The highest BCUT2D eigenvalue weighted by molar-refractivity contribution is 7.89. The maximum absolute atomic E-state index is 13.1. The molecule has 0 unspecified atom stereocenters. The number of fused-ring (bicyclic) bond motifs is 3. The maximum atomic E-state index is 13.1. The van der Waals surface area contributed by atoms with Gasteiger partial charge in [-0.1, -0.05) is 18.2 Å². The average molecular weight is 452 g/mol. The minimum atomic E-state index is -3.77. The average Bonchev–Trinajstić information content (AvgIpc) is 3.47. The molecule has 0 aliphatic carbocycles. The van der Waals surface area contributed by atoms with Gasteiger partial charge in [0.25, 0.3) is 0 Å². The Morgan fingerprint density at radius 2 is 1.69 bits per heavy atom. The molecule has 1 aliphatic heterocycles. The molecule has 3 aromatic carbocycles. The number of para-hydroxylation sites is 1. The van der Waals surface area contributed by atoms with E-state index in [1.807, 2.05) is 24.3 Å². The molecule has 2 heterocycles. The monoisotopic (exact) mass is 451 g/mol. The van der Waals surface area contributed by atoms with Gasteiger partial charge in [-0.05, 0) is 55.3 Å². The zero-order valence-electron chi connectivity index (χ0n) is 17.4. The lowest BCUT2D eigenvalue weighted by Crippen LogP contribution is -2.28. The zero-order chi connectivity index (χ0) is 22.3. The number of benzene rings is 3. The molecule has 4 aromatic rings. The molecule has 0 saturated carbocycles. The molecule has 1 saturated heterocycles. The van der Waals surface area contributed by atoms with E-state index < -0.39 is 16.0 Å². The van der Waals surface area contributed by atoms with Crippen LogP contribution in [0.1, 0.15) is 23.2 Å². The quantitative estimate of drug-likeness (QED) is 0.326. The number of sulfonamides is 1. The van der Waals surface area contributed by atoms with E-state index in [1.165, 1.54) is 29.6 Å². The second kappa shape index (κ2) is 7.96. The summed E-state index contributed by atoms with van der Waals surface area (Å²) in [7, 11) is -2.36. The third-order valence-corrected chi connectivity index (χ3v) is 7.56. The van der Waals surface area contributed by atoms with Crippen LogP contribution in [0.5, 0.6) is 11.5 Å². The third-order valence-electron chi connectivity index (χ3n) is 5.64. The highest BCUT2D eigenvalue weighted by Gasteiger charge is 2.31. The van der Waals surface area contributed by atoms with E-state index in [-0.39, 0.29) is 16.2 Å². The molecule has 164 valence electrons. The van der Waals surface area contributed by atoms with E-state index in [0.29, 0.717) is 24.4 Å². The first-order valence-electron chi connectivity index (χ1n) is 10.3. The van der Waals surface area contributed by atoms with Crippen molar-refractivity contribution in [3.8, 4) is 11.5 Å². The predicted octanol–water partition coefficient (Wildman–Crippen LogP) is 4.60. The zero-order valence-corrected chi connectivity index (χ0v) is 18.2. The van der Waals surface area contributed by atoms with Crippen LogP contribution in [0.4, 0.5) is 0 Å². The van der Waals surface area contributed by atoms with Crippen molar-refractivity contribution in [2.45, 2.75) is 17.7 Å². The Hall–Kier alpha value is -3.36. The van der Waals surface area contributed by atoms with Crippen LogP contribution in [0.15, 0.2) is 70.0 Å². The SMILES string of the molecule is COc1ccc(C(=O)Oc2ccc3oc4ccccc4c3c2)cc1S(=O)(=O)N1CCCC1. The van der Waals surface area contributed by atoms with Gasteiger partial charge in [0, 0.05) is 23.9 Å². The van der Waals surface area contributed by atoms with E-state index in [9.17, 15) is 13.2 Å². The number of ether oxygens (including phenoxy) is 2. The number of rotatable bonds is 5. The second-order valence-electron chi connectivity index (χ2n) is 7.62. The molecule has 0 spiro atoms. The summed E-state index contributed by atoms with van der Waals surface area (Å²) in [5, 5.41) is 1.75. The lowest BCUT2D eigenvalue weighted by molar-refractivity contribution is 0.0734. The molecule has 1 aromatic heterocycles. The van der Waals surface area contributed by atoms with Crippen LogP contribution < -0.4 is 9.47 Å². The molecule has 8 heteroatoms. The van der Waals surface area contributed by atoms with E-state index in [1.54, 1.807) is 18.2 Å². The van der Waals surface area contributed by atoms with Gasteiger partial charge in [0.05, 0.1) is 12.7 Å². The van der Waals surface area contributed by atoms with Crippen LogP contribution in [-0.4, -0.2) is 38.9 Å². The molecule has 0 bridgehead atoms. The molecule has 1 aliphatic rings. The molecule has 5 rings (SSSR count). The van der Waals surface area contributed by atoms with Gasteiger partial charge in [-0.15, -0.1) is 0 Å². The fourth-order valence-corrected chi connectivity index (χ4v) is 5.71. The first kappa shape index (κ1) is 20.5. The third kappa shape index (κ3) is 3.51. The molecule has 0 amide bonds. The largest absolute Gasteiger partial charge is 0.495 e. The highest BCUT2D eigenvalue weighted by atomic mass is 32.2. The molecule has 7 nitrogen and oxygen atoms in total. The summed E-state index contributed by atoms with van der Waals surface area (Å²) >= 11 is 0. The van der Waals surface area contributed by atoms with E-state index in [0.717, 1.165) is 29.2 Å². The molecule has 0 atom stereocenters. The van der Waals surface area contributed by atoms with Crippen molar-refractivity contribution < 1.29 is 27.1 Å². The Balaban J connectivity index is 1.47. The van der Waals surface area contributed by atoms with Crippen LogP contribution in [0.25, 0.3) is 21.9 Å². The molecule has 0 radical (unpaired) electrons. The first-order chi connectivity index (χ1) is 15.5. The molecular weight excluding hydrogens is 430 g/mol. The summed E-state index contributed by atoms with van der Waals surface area (Å²) in [6, 6.07) is 17.0. The number of hydrogen-bond donors (Lipinski definition) is 0. The number of carbonyl (C=O) groups excluding carboxylic acids is 1. The number of hydrogen-bond acceptors (Lipinski definition) is 6. The Morgan fingerprint density at radius 3 is 2.47 bits per heavy atom.